The largest absolute Gasteiger partial charge is 0.756 e. The lowest BCUT2D eigenvalue weighted by Crippen LogP contribution is -2.47. The Hall–Kier alpha value is -2.29. The predicted molar refractivity (Wildman–Crippen MR) is 376 cm³/mol. The highest BCUT2D eigenvalue weighted by Gasteiger charge is 2.27. The first-order valence-corrected chi connectivity index (χ1v) is 39.1. The van der Waals surface area contributed by atoms with E-state index in [4.69, 9.17) is 13.8 Å². The third-order valence-corrected chi connectivity index (χ3v) is 17.9. The normalized spacial score (nSPS) is 13.8. The van der Waals surface area contributed by atoms with Crippen LogP contribution < -0.4 is 10.2 Å². The molecule has 9 nitrogen and oxygen atoms in total. The maximum atomic E-state index is 13.6. The van der Waals surface area contributed by atoms with Gasteiger partial charge in [0.25, 0.3) is 7.82 Å². The molecule has 1 amide bonds. The number of hydrogen-bond donors (Lipinski definition) is 1. The summed E-state index contributed by atoms with van der Waals surface area (Å²) >= 11 is 0. The number of hydrogen-bond acceptors (Lipinski definition) is 7. The van der Waals surface area contributed by atoms with E-state index in [-0.39, 0.29) is 31.5 Å². The van der Waals surface area contributed by atoms with Crippen LogP contribution in [0.1, 0.15) is 367 Å². The van der Waals surface area contributed by atoms with Crippen LogP contribution in [0.5, 0.6) is 0 Å². The SMILES string of the molecule is CCCCC/C=C\C/C=C\C/C=C\C/C=C\CCCCCCCCCCCCCC(=O)NC(COP(=O)([O-])OCC[N+](C)(C)C)C(/C=C\CCCCCCCCCCCCC)OC(=O)CCCCCCCCCCCCCCCCCCCCCCC. The number of nitrogens with zero attached hydrogens (tertiary/aromatic N) is 1. The Balaban J connectivity index is 5.03. The predicted octanol–water partition coefficient (Wildman–Crippen LogP) is 23.5. The van der Waals surface area contributed by atoms with Crippen LogP contribution in [-0.4, -0.2) is 69.4 Å². The van der Waals surface area contributed by atoms with E-state index in [1.807, 2.05) is 33.3 Å². The first-order valence-electron chi connectivity index (χ1n) is 37.6. The molecule has 3 atom stereocenters. The maximum absolute atomic E-state index is 13.6. The molecule has 0 aliphatic rings. The molecule has 0 bridgehead atoms. The molecule has 0 aromatic rings. The van der Waals surface area contributed by atoms with Gasteiger partial charge in [-0.25, -0.2) is 0 Å². The number of phosphoric ester groups is 1. The van der Waals surface area contributed by atoms with Crippen LogP contribution in [0, 0.1) is 0 Å². The van der Waals surface area contributed by atoms with Crippen LogP contribution in [0.3, 0.4) is 0 Å². The van der Waals surface area contributed by atoms with Gasteiger partial charge in [-0.1, -0.05) is 339 Å². The van der Waals surface area contributed by atoms with Crippen LogP contribution in [0.2, 0.25) is 0 Å². The van der Waals surface area contributed by atoms with E-state index in [0.29, 0.717) is 17.4 Å². The number of ether oxygens (including phenoxy) is 1. The Morgan fingerprint density at radius 3 is 1.07 bits per heavy atom. The molecular weight excluding hydrogens is 1100 g/mol. The summed E-state index contributed by atoms with van der Waals surface area (Å²) < 4.78 is 30.5. The molecule has 0 rings (SSSR count). The van der Waals surface area contributed by atoms with Crippen LogP contribution in [0.25, 0.3) is 0 Å². The van der Waals surface area contributed by atoms with Gasteiger partial charge < -0.3 is 28.5 Å². The van der Waals surface area contributed by atoms with Crippen LogP contribution >= 0.6 is 7.82 Å². The first kappa shape index (κ1) is 84.7. The Labute approximate surface area is 541 Å². The molecular formula is C77H145N2O7P. The van der Waals surface area contributed by atoms with Gasteiger partial charge in [-0.2, -0.15) is 0 Å². The minimum absolute atomic E-state index is 0.0219. The van der Waals surface area contributed by atoms with Crippen LogP contribution in [-0.2, 0) is 27.9 Å². The standard InChI is InChI=1S/C77H145N2O7P/c1-7-10-13-16-19-22-25-28-30-32-34-36-37-38-39-40-41-43-44-46-48-51-54-57-60-63-66-69-76(80)78-74(73-85-87(82,83)84-72-71-79(4,5)6)75(68-65-62-59-56-53-50-27-24-21-18-15-12-9-3)86-77(81)70-67-64-61-58-55-52-49-47-45-42-35-33-31-29-26-23-20-17-14-11-8-2/h19,22,28,30,34,36,38-39,65,68,74-75H,7-18,20-21,23-27,29,31-33,35,37,40-64,66-67,69-73H2,1-6H3,(H-,78,80,82,83)/b22-19-,30-28-,36-34-,39-38-,68-65-. The fraction of sp³-hybridized carbons (Fsp3) is 0.844. The summed E-state index contributed by atoms with van der Waals surface area (Å²) in [4.78, 5) is 40.3. The number of carbonyl (C=O) groups excluding carboxylic acids is 2. The van der Waals surface area contributed by atoms with Crippen molar-refractivity contribution in [2.45, 2.75) is 380 Å². The van der Waals surface area contributed by atoms with E-state index in [0.717, 1.165) is 77.0 Å². The van der Waals surface area contributed by atoms with Gasteiger partial charge in [0.05, 0.1) is 33.8 Å². The van der Waals surface area contributed by atoms with Gasteiger partial charge in [0.1, 0.15) is 19.3 Å². The summed E-state index contributed by atoms with van der Waals surface area (Å²) in [6, 6.07) is -0.890. The zero-order chi connectivity index (χ0) is 63.5. The fourth-order valence-electron chi connectivity index (χ4n) is 11.2. The summed E-state index contributed by atoms with van der Waals surface area (Å²) in [5.41, 5.74) is 0. The van der Waals surface area contributed by atoms with E-state index in [1.165, 1.54) is 257 Å². The van der Waals surface area contributed by atoms with E-state index in [2.05, 4.69) is 74.7 Å². The molecule has 10 heteroatoms. The number of esters is 1. The first-order chi connectivity index (χ1) is 42.4. The Morgan fingerprint density at radius 1 is 0.402 bits per heavy atom. The molecule has 0 aliphatic carbocycles. The number of quaternary nitrogens is 1. The zero-order valence-corrected chi connectivity index (χ0v) is 59.4. The monoisotopic (exact) mass is 1240 g/mol. The topological polar surface area (TPSA) is 114 Å². The molecule has 0 radical (unpaired) electrons. The molecule has 3 unspecified atom stereocenters. The second kappa shape index (κ2) is 66.6. The molecule has 0 saturated carbocycles. The van der Waals surface area contributed by atoms with Gasteiger partial charge in [0.2, 0.25) is 5.91 Å². The number of phosphoric acid groups is 1. The third-order valence-electron chi connectivity index (χ3n) is 17.0. The minimum Gasteiger partial charge on any atom is -0.756 e. The van der Waals surface area contributed by atoms with E-state index in [9.17, 15) is 19.0 Å². The second-order valence-corrected chi connectivity index (χ2v) is 28.2. The number of likely N-dealkylation sites (N-methyl/N-ethyl adjacent to an activating group) is 1. The summed E-state index contributed by atoms with van der Waals surface area (Å²) in [7, 11) is 1.20. The van der Waals surface area contributed by atoms with Gasteiger partial charge in [0.15, 0.2) is 0 Å². The quantitative estimate of drug-likeness (QED) is 0.0212. The van der Waals surface area contributed by atoms with E-state index in [1.54, 1.807) is 0 Å². The van der Waals surface area contributed by atoms with Crippen LogP contribution in [0.4, 0.5) is 0 Å². The van der Waals surface area contributed by atoms with Crippen molar-refractivity contribution in [2.24, 2.45) is 0 Å². The molecule has 0 heterocycles. The van der Waals surface area contributed by atoms with Gasteiger partial charge >= 0.3 is 5.97 Å². The average molecular weight is 1240 g/mol. The van der Waals surface area contributed by atoms with Crippen molar-refractivity contribution < 1.29 is 37.3 Å². The van der Waals surface area contributed by atoms with Crippen molar-refractivity contribution in [2.75, 3.05) is 40.9 Å². The number of nitrogens with one attached hydrogen (secondary N) is 1. The number of unbranched alkanes of at least 4 members (excludes halogenated alkanes) is 45. The molecule has 0 aromatic carbocycles. The summed E-state index contributed by atoms with van der Waals surface area (Å²) in [6.45, 7) is 6.87. The highest BCUT2D eigenvalue weighted by Crippen LogP contribution is 2.38. The molecule has 0 spiro atoms. The lowest BCUT2D eigenvalue weighted by atomic mass is 10.0. The third kappa shape index (κ3) is 67.9. The molecule has 87 heavy (non-hydrogen) atoms. The summed E-state index contributed by atoms with van der Waals surface area (Å²) in [5, 5.41) is 3.05. The number of allylic oxidation sites excluding steroid dienone is 9. The lowest BCUT2D eigenvalue weighted by molar-refractivity contribution is -0.870. The van der Waals surface area contributed by atoms with E-state index < -0.39 is 20.0 Å². The van der Waals surface area contributed by atoms with E-state index >= 15 is 0 Å². The van der Waals surface area contributed by atoms with Crippen molar-refractivity contribution in [1.82, 2.24) is 5.32 Å². The maximum Gasteiger partial charge on any atom is 0.306 e. The molecule has 0 fully saturated rings. The van der Waals surface area contributed by atoms with Gasteiger partial charge in [-0.3, -0.25) is 14.2 Å². The lowest BCUT2D eigenvalue weighted by Gasteiger charge is -2.30. The minimum atomic E-state index is -4.71. The van der Waals surface area contributed by atoms with Gasteiger partial charge in [-0.15, -0.1) is 0 Å². The highest BCUT2D eigenvalue weighted by molar-refractivity contribution is 7.45. The molecule has 0 saturated heterocycles. The van der Waals surface area contributed by atoms with Crippen molar-refractivity contribution in [3.05, 3.63) is 60.8 Å². The number of rotatable bonds is 69. The van der Waals surface area contributed by atoms with Crippen molar-refractivity contribution >= 4 is 19.7 Å². The summed E-state index contributed by atoms with van der Waals surface area (Å²) in [5.74, 6) is -0.527. The molecule has 1 N–H and O–H groups in total. The second-order valence-electron chi connectivity index (χ2n) is 26.8. The Kier molecular flexibility index (Phi) is 64.9. The Bertz CT molecular complexity index is 1670. The molecule has 0 aliphatic heterocycles. The molecule has 0 aromatic heterocycles. The van der Waals surface area contributed by atoms with Crippen LogP contribution in [0.15, 0.2) is 60.8 Å². The smallest absolute Gasteiger partial charge is 0.306 e. The van der Waals surface area contributed by atoms with Gasteiger partial charge in [-0.05, 0) is 76.7 Å². The number of amides is 1. The highest BCUT2D eigenvalue weighted by atomic mass is 31.2. The number of carbonyl (C=O) groups is 2. The van der Waals surface area contributed by atoms with Crippen molar-refractivity contribution in [1.29, 1.82) is 0 Å². The van der Waals surface area contributed by atoms with Gasteiger partial charge in [0, 0.05) is 12.8 Å². The average Bonchev–Trinajstić information content (AvgIpc) is 3.69. The van der Waals surface area contributed by atoms with Crippen molar-refractivity contribution in [3.8, 4) is 0 Å². The summed E-state index contributed by atoms with van der Waals surface area (Å²) in [6.07, 6.45) is 86.3. The van der Waals surface area contributed by atoms with Crippen molar-refractivity contribution in [3.63, 3.8) is 0 Å². The fourth-order valence-corrected chi connectivity index (χ4v) is 11.9. The Morgan fingerprint density at radius 2 is 0.701 bits per heavy atom. The molecule has 510 valence electrons. The zero-order valence-electron chi connectivity index (χ0n) is 58.5.